The zero-order chi connectivity index (χ0) is 18.7. The number of amides is 1. The monoisotopic (exact) mass is 370 g/mol. The van der Waals surface area contributed by atoms with Crippen LogP contribution in [0.4, 0.5) is 4.39 Å². The van der Waals surface area contributed by atoms with Gasteiger partial charge in [0.2, 0.25) is 0 Å². The Balaban J connectivity index is 2.00. The highest BCUT2D eigenvalue weighted by Gasteiger charge is 2.13. The van der Waals surface area contributed by atoms with E-state index in [1.807, 2.05) is 49.7 Å². The summed E-state index contributed by atoms with van der Waals surface area (Å²) in [4.78, 5) is 18.0. The van der Waals surface area contributed by atoms with Crippen molar-refractivity contribution in [2.45, 2.75) is 13.8 Å². The predicted octanol–water partition coefficient (Wildman–Crippen LogP) is 4.34. The van der Waals surface area contributed by atoms with E-state index in [4.69, 9.17) is 4.74 Å². The van der Waals surface area contributed by atoms with Crippen LogP contribution in [0.3, 0.4) is 0 Å². The highest BCUT2D eigenvalue weighted by atomic mass is 32.1. The van der Waals surface area contributed by atoms with Gasteiger partial charge in [-0.05, 0) is 55.8 Å². The van der Waals surface area contributed by atoms with Crippen molar-refractivity contribution in [3.63, 3.8) is 0 Å². The minimum atomic E-state index is -0.585. The van der Waals surface area contributed by atoms with Gasteiger partial charge in [0.15, 0.2) is 4.80 Å². The topological polar surface area (TPSA) is 43.6 Å². The number of ether oxygens (including phenoxy) is 1. The molecule has 26 heavy (non-hydrogen) atoms. The standard InChI is InChI=1S/C20H19FN2O2S/c1-4-25-15-11-9-14(10-12-15)18-13(2)26-20(23(18)3)22-19(24)16-7-5-6-8-17(16)21/h5-12H,4H2,1-3H3. The molecule has 0 bridgehead atoms. The molecule has 0 unspecified atom stereocenters. The minimum absolute atomic E-state index is 0.0267. The largest absolute Gasteiger partial charge is 0.494 e. The lowest BCUT2D eigenvalue weighted by atomic mass is 10.1. The van der Waals surface area contributed by atoms with E-state index >= 15 is 0 Å². The Morgan fingerprint density at radius 1 is 1.19 bits per heavy atom. The number of nitrogens with zero attached hydrogens (tertiary/aromatic N) is 2. The lowest BCUT2D eigenvalue weighted by molar-refractivity contribution is 0.0994. The summed E-state index contributed by atoms with van der Waals surface area (Å²) in [6, 6.07) is 13.6. The van der Waals surface area contributed by atoms with Crippen molar-refractivity contribution < 1.29 is 13.9 Å². The van der Waals surface area contributed by atoms with Gasteiger partial charge in [-0.15, -0.1) is 11.3 Å². The highest BCUT2D eigenvalue weighted by molar-refractivity contribution is 7.09. The Morgan fingerprint density at radius 3 is 2.54 bits per heavy atom. The van der Waals surface area contributed by atoms with Gasteiger partial charge in [-0.25, -0.2) is 4.39 Å². The van der Waals surface area contributed by atoms with Crippen molar-refractivity contribution in [3.05, 3.63) is 69.6 Å². The molecule has 2 aromatic carbocycles. The summed E-state index contributed by atoms with van der Waals surface area (Å²) < 4.78 is 21.1. The number of aryl methyl sites for hydroxylation is 1. The summed E-state index contributed by atoms with van der Waals surface area (Å²) in [7, 11) is 1.85. The Bertz CT molecular complexity index is 1000. The van der Waals surface area contributed by atoms with Gasteiger partial charge in [-0.1, -0.05) is 12.1 Å². The fraction of sp³-hybridized carbons (Fsp3) is 0.200. The second-order valence-electron chi connectivity index (χ2n) is 5.70. The SMILES string of the molecule is CCOc1ccc(-c2c(C)sc(=NC(=O)c3ccccc3F)n2C)cc1. The number of thiazole rings is 1. The summed E-state index contributed by atoms with van der Waals surface area (Å²) in [6.45, 7) is 4.53. The van der Waals surface area contributed by atoms with Crippen LogP contribution in [-0.4, -0.2) is 17.1 Å². The van der Waals surface area contributed by atoms with Gasteiger partial charge in [0.25, 0.3) is 5.91 Å². The van der Waals surface area contributed by atoms with Gasteiger partial charge in [0, 0.05) is 11.9 Å². The summed E-state index contributed by atoms with van der Waals surface area (Å²) >= 11 is 1.40. The van der Waals surface area contributed by atoms with Gasteiger partial charge in [0.05, 0.1) is 17.9 Å². The van der Waals surface area contributed by atoms with Crippen LogP contribution in [0.15, 0.2) is 53.5 Å². The van der Waals surface area contributed by atoms with Gasteiger partial charge >= 0.3 is 0 Å². The molecule has 1 heterocycles. The molecule has 1 amide bonds. The first-order valence-corrected chi connectivity index (χ1v) is 9.06. The summed E-state index contributed by atoms with van der Waals surface area (Å²) in [5.41, 5.74) is 1.95. The Labute approximate surface area is 155 Å². The number of hydrogen-bond acceptors (Lipinski definition) is 3. The molecule has 6 heteroatoms. The first-order valence-electron chi connectivity index (χ1n) is 8.24. The van der Waals surface area contributed by atoms with E-state index in [9.17, 15) is 9.18 Å². The average Bonchev–Trinajstić information content (AvgIpc) is 2.90. The van der Waals surface area contributed by atoms with E-state index in [-0.39, 0.29) is 5.56 Å². The third kappa shape index (κ3) is 3.60. The van der Waals surface area contributed by atoms with E-state index in [2.05, 4.69) is 4.99 Å². The van der Waals surface area contributed by atoms with E-state index < -0.39 is 11.7 Å². The molecule has 0 N–H and O–H groups in total. The second kappa shape index (κ2) is 7.66. The van der Waals surface area contributed by atoms with E-state index in [0.29, 0.717) is 11.4 Å². The molecule has 0 fully saturated rings. The summed E-state index contributed by atoms with van der Waals surface area (Å²) in [6.07, 6.45) is 0. The van der Waals surface area contributed by atoms with Gasteiger partial charge in [0.1, 0.15) is 11.6 Å². The van der Waals surface area contributed by atoms with Crippen LogP contribution >= 0.6 is 11.3 Å². The molecule has 0 aliphatic heterocycles. The van der Waals surface area contributed by atoms with E-state index in [0.717, 1.165) is 21.9 Å². The maximum absolute atomic E-state index is 13.8. The number of rotatable bonds is 4. The molecular formula is C20H19FN2O2S. The molecule has 0 atom stereocenters. The van der Waals surface area contributed by atoms with E-state index in [1.54, 1.807) is 12.1 Å². The van der Waals surface area contributed by atoms with E-state index in [1.165, 1.54) is 23.5 Å². The summed E-state index contributed by atoms with van der Waals surface area (Å²) in [5, 5.41) is 0. The molecule has 3 aromatic rings. The van der Waals surface area contributed by atoms with Crippen molar-refractivity contribution in [2.24, 2.45) is 12.0 Å². The van der Waals surface area contributed by atoms with Crippen molar-refractivity contribution >= 4 is 17.2 Å². The van der Waals surface area contributed by atoms with Crippen LogP contribution in [-0.2, 0) is 7.05 Å². The first-order chi connectivity index (χ1) is 12.5. The number of carbonyl (C=O) groups excluding carboxylic acids is 1. The molecule has 0 aliphatic carbocycles. The fourth-order valence-electron chi connectivity index (χ4n) is 2.74. The Hall–Kier alpha value is -2.73. The summed E-state index contributed by atoms with van der Waals surface area (Å²) in [5.74, 6) is -0.339. The molecule has 0 aliphatic rings. The second-order valence-corrected chi connectivity index (χ2v) is 6.88. The quantitative estimate of drug-likeness (QED) is 0.686. The molecule has 0 radical (unpaired) electrons. The van der Waals surface area contributed by atoms with Crippen LogP contribution in [0.25, 0.3) is 11.3 Å². The van der Waals surface area contributed by atoms with Crippen molar-refractivity contribution in [1.82, 2.24) is 4.57 Å². The van der Waals surface area contributed by atoms with Crippen molar-refractivity contribution in [1.29, 1.82) is 0 Å². The Morgan fingerprint density at radius 2 is 1.88 bits per heavy atom. The maximum atomic E-state index is 13.8. The van der Waals surface area contributed by atoms with Crippen LogP contribution < -0.4 is 9.54 Å². The number of halogens is 1. The van der Waals surface area contributed by atoms with Crippen LogP contribution in [0, 0.1) is 12.7 Å². The predicted molar refractivity (Wildman–Crippen MR) is 101 cm³/mol. The first kappa shape index (κ1) is 18.1. The van der Waals surface area contributed by atoms with Crippen molar-refractivity contribution in [2.75, 3.05) is 6.61 Å². The Kier molecular flexibility index (Phi) is 5.32. The average molecular weight is 370 g/mol. The molecule has 0 spiro atoms. The molecular weight excluding hydrogens is 351 g/mol. The van der Waals surface area contributed by atoms with Crippen LogP contribution in [0.1, 0.15) is 22.2 Å². The highest BCUT2D eigenvalue weighted by Crippen LogP contribution is 2.26. The van der Waals surface area contributed by atoms with Gasteiger partial charge in [-0.2, -0.15) is 4.99 Å². The van der Waals surface area contributed by atoms with Crippen molar-refractivity contribution in [3.8, 4) is 17.0 Å². The number of aromatic nitrogens is 1. The molecule has 134 valence electrons. The molecule has 1 aromatic heterocycles. The normalized spacial score (nSPS) is 11.6. The molecule has 0 saturated carbocycles. The lowest BCUT2D eigenvalue weighted by Gasteiger charge is -2.07. The minimum Gasteiger partial charge on any atom is -0.494 e. The van der Waals surface area contributed by atoms with Crippen LogP contribution in [0.2, 0.25) is 0 Å². The number of hydrogen-bond donors (Lipinski definition) is 0. The lowest BCUT2D eigenvalue weighted by Crippen LogP contribution is -2.15. The maximum Gasteiger partial charge on any atom is 0.282 e. The van der Waals surface area contributed by atoms with Gasteiger partial charge in [-0.3, -0.25) is 4.79 Å². The fourth-order valence-corrected chi connectivity index (χ4v) is 3.72. The number of carbonyl (C=O) groups is 1. The zero-order valence-corrected chi connectivity index (χ0v) is 15.6. The smallest absolute Gasteiger partial charge is 0.282 e. The molecule has 0 saturated heterocycles. The van der Waals surface area contributed by atoms with Gasteiger partial charge < -0.3 is 9.30 Å². The van der Waals surface area contributed by atoms with Crippen LogP contribution in [0.5, 0.6) is 5.75 Å². The third-order valence-electron chi connectivity index (χ3n) is 3.94. The third-order valence-corrected chi connectivity index (χ3v) is 4.99. The molecule has 3 rings (SSSR count). The number of benzene rings is 2. The zero-order valence-electron chi connectivity index (χ0n) is 14.8. The molecule has 4 nitrogen and oxygen atoms in total.